The largest absolute Gasteiger partial charge is 0.130 e. The molecule has 0 N–H and O–H groups in total. The number of thioether (sulfide) groups is 2. The molecule has 0 atom stereocenters. The summed E-state index contributed by atoms with van der Waals surface area (Å²) in [7, 11) is -2.85. The van der Waals surface area contributed by atoms with E-state index in [4.69, 9.17) is 6.42 Å². The Morgan fingerprint density at radius 2 is 1.50 bits per heavy atom. The van der Waals surface area contributed by atoms with Gasteiger partial charge in [0, 0.05) is 15.4 Å². The summed E-state index contributed by atoms with van der Waals surface area (Å²) < 4.78 is 0. The van der Waals surface area contributed by atoms with Crippen LogP contribution in [0.1, 0.15) is 5.56 Å². The van der Waals surface area contributed by atoms with Gasteiger partial charge in [0.1, 0.15) is 0 Å². The maximum Gasteiger partial charge on any atom is 0.0807 e. The lowest BCUT2D eigenvalue weighted by molar-refractivity contribution is 1.37. The molecule has 0 saturated carbocycles. The maximum absolute atomic E-state index is 5.92. The molecule has 1 aromatic carbocycles. The normalized spacial score (nSPS) is 12.3. The highest BCUT2D eigenvalue weighted by molar-refractivity contribution is 7.99. The third kappa shape index (κ3) is 3.57. The van der Waals surface area contributed by atoms with E-state index >= 15 is 0 Å². The number of terminal acetylenes is 1. The molecule has 0 spiro atoms. The molecule has 0 aromatic heterocycles. The van der Waals surface area contributed by atoms with Gasteiger partial charge >= 0.3 is 0 Å². The van der Waals surface area contributed by atoms with Gasteiger partial charge in [-0.25, -0.2) is 0 Å². The van der Waals surface area contributed by atoms with E-state index in [1.54, 1.807) is 0 Å². The minimum Gasteiger partial charge on any atom is -0.130 e. The van der Waals surface area contributed by atoms with Crippen LogP contribution in [0.3, 0.4) is 0 Å². The van der Waals surface area contributed by atoms with E-state index < -0.39 is 16.1 Å². The second-order valence-corrected chi connectivity index (χ2v) is 18.8. The van der Waals surface area contributed by atoms with E-state index in [2.05, 4.69) is 63.8 Å². The van der Waals surface area contributed by atoms with Gasteiger partial charge in [-0.1, -0.05) is 45.2 Å². The molecular formula is C16H26S2Si2. The number of hydrogen-bond acceptors (Lipinski definition) is 2. The Kier molecular flexibility index (Phi) is 5.70. The Labute approximate surface area is 135 Å². The monoisotopic (exact) mass is 338 g/mol. The number of hydrogen-bond donors (Lipinski definition) is 0. The van der Waals surface area contributed by atoms with Gasteiger partial charge in [-0.3, -0.25) is 0 Å². The quantitative estimate of drug-likeness (QED) is 0.458. The molecular weight excluding hydrogens is 312 g/mol. The Morgan fingerprint density at radius 1 is 0.950 bits per heavy atom. The Hall–Kier alpha value is -0.0862. The molecule has 0 aliphatic carbocycles. The average molecular weight is 339 g/mol. The highest BCUT2D eigenvalue weighted by Gasteiger charge is 2.30. The van der Waals surface area contributed by atoms with Crippen molar-refractivity contribution in [3.8, 4) is 12.3 Å². The molecule has 0 bridgehead atoms. The fourth-order valence-corrected chi connectivity index (χ4v) is 9.43. The molecule has 110 valence electrons. The number of benzene rings is 1. The van der Waals surface area contributed by atoms with E-state index in [1.807, 2.05) is 23.5 Å². The number of rotatable bonds is 4. The Balaban J connectivity index is 3.87. The van der Waals surface area contributed by atoms with E-state index in [0.717, 1.165) is 0 Å². The minimum atomic E-state index is -1.46. The second kappa shape index (κ2) is 6.35. The minimum absolute atomic E-state index is 1.18. The van der Waals surface area contributed by atoms with Crippen molar-refractivity contribution in [2.45, 2.75) is 49.1 Å². The summed E-state index contributed by atoms with van der Waals surface area (Å²) in [5.41, 5.74) is 1.18. The third-order valence-corrected chi connectivity index (χ3v) is 9.36. The van der Waals surface area contributed by atoms with Crippen LogP contribution in [-0.2, 0) is 0 Å². The summed E-state index contributed by atoms with van der Waals surface area (Å²) in [5, 5.41) is 2.99. The van der Waals surface area contributed by atoms with Crippen molar-refractivity contribution in [1.82, 2.24) is 0 Å². The van der Waals surface area contributed by atoms with Crippen molar-refractivity contribution in [1.29, 1.82) is 0 Å². The van der Waals surface area contributed by atoms with Gasteiger partial charge < -0.3 is 0 Å². The lowest BCUT2D eigenvalue weighted by atomic mass is 10.2. The van der Waals surface area contributed by atoms with Crippen molar-refractivity contribution in [2.75, 3.05) is 12.5 Å². The van der Waals surface area contributed by atoms with Gasteiger partial charge in [-0.2, -0.15) is 0 Å². The highest BCUT2D eigenvalue weighted by atomic mass is 32.2. The topological polar surface area (TPSA) is 0 Å². The Morgan fingerprint density at radius 3 is 1.80 bits per heavy atom. The highest BCUT2D eigenvalue weighted by Crippen LogP contribution is 2.27. The fourth-order valence-electron chi connectivity index (χ4n) is 2.45. The average Bonchev–Trinajstić information content (AvgIpc) is 2.33. The van der Waals surface area contributed by atoms with Gasteiger partial charge in [0.25, 0.3) is 0 Å². The summed E-state index contributed by atoms with van der Waals surface area (Å²) in [6.07, 6.45) is 10.3. The van der Waals surface area contributed by atoms with Crippen LogP contribution in [0.15, 0.2) is 15.9 Å². The SMILES string of the molecule is C#Cc1c(SC)c([Si](C)(C)C)cc(SC)c1[Si](C)(C)C. The van der Waals surface area contributed by atoms with Crippen molar-refractivity contribution in [3.05, 3.63) is 11.6 Å². The predicted molar refractivity (Wildman–Crippen MR) is 104 cm³/mol. The van der Waals surface area contributed by atoms with Crippen LogP contribution in [0, 0.1) is 12.3 Å². The van der Waals surface area contributed by atoms with Crippen LogP contribution in [0.5, 0.6) is 0 Å². The molecule has 4 heteroatoms. The molecule has 0 nitrogen and oxygen atoms in total. The molecule has 20 heavy (non-hydrogen) atoms. The predicted octanol–water partition coefficient (Wildman–Crippen LogP) is 4.20. The van der Waals surface area contributed by atoms with Crippen molar-refractivity contribution in [3.63, 3.8) is 0 Å². The van der Waals surface area contributed by atoms with Crippen LogP contribution < -0.4 is 10.4 Å². The van der Waals surface area contributed by atoms with E-state index in [0.29, 0.717) is 0 Å². The zero-order valence-electron chi connectivity index (χ0n) is 14.0. The molecule has 0 amide bonds. The van der Waals surface area contributed by atoms with E-state index in [9.17, 15) is 0 Å². The summed E-state index contributed by atoms with van der Waals surface area (Å²) in [6, 6.07) is 2.44. The lowest BCUT2D eigenvalue weighted by Gasteiger charge is -2.29. The summed E-state index contributed by atoms with van der Waals surface area (Å²) in [5.74, 6) is 3.03. The molecule has 0 radical (unpaired) electrons. The smallest absolute Gasteiger partial charge is 0.0807 e. The molecule has 1 rings (SSSR count). The molecule has 0 heterocycles. The van der Waals surface area contributed by atoms with Crippen LogP contribution in [-0.4, -0.2) is 28.7 Å². The van der Waals surface area contributed by atoms with Crippen LogP contribution >= 0.6 is 23.5 Å². The van der Waals surface area contributed by atoms with Gasteiger partial charge in [-0.05, 0) is 29.0 Å². The van der Waals surface area contributed by atoms with Crippen molar-refractivity contribution >= 4 is 50.0 Å². The summed E-state index contributed by atoms with van der Waals surface area (Å²) >= 11 is 3.68. The standard InChI is InChI=1S/C16H26S2Si2/c1-10-12-15(18-3)14(19(4,5)6)11-13(17-2)16(12)20(7,8)9/h1,11H,2-9H3. The second-order valence-electron chi connectivity index (χ2n) is 7.05. The van der Waals surface area contributed by atoms with Gasteiger partial charge in [-0.15, -0.1) is 29.9 Å². The van der Waals surface area contributed by atoms with Crippen LogP contribution in [0.2, 0.25) is 39.3 Å². The van der Waals surface area contributed by atoms with Gasteiger partial charge in [0.15, 0.2) is 0 Å². The maximum atomic E-state index is 5.92. The molecule has 0 aliphatic rings. The molecule has 0 aliphatic heterocycles. The van der Waals surface area contributed by atoms with Crippen molar-refractivity contribution < 1.29 is 0 Å². The summed E-state index contributed by atoms with van der Waals surface area (Å²) in [4.78, 5) is 2.77. The third-order valence-electron chi connectivity index (χ3n) is 3.37. The Bertz CT molecular complexity index is 544. The van der Waals surface area contributed by atoms with Crippen molar-refractivity contribution in [2.24, 2.45) is 0 Å². The summed E-state index contributed by atoms with van der Waals surface area (Å²) in [6.45, 7) is 14.4. The fraction of sp³-hybridized carbons (Fsp3) is 0.500. The van der Waals surface area contributed by atoms with E-state index in [-0.39, 0.29) is 0 Å². The molecule has 0 saturated heterocycles. The zero-order valence-corrected chi connectivity index (χ0v) is 17.6. The lowest BCUT2D eigenvalue weighted by Crippen LogP contribution is -2.46. The first-order valence-electron chi connectivity index (χ1n) is 6.84. The first kappa shape index (κ1) is 18.0. The van der Waals surface area contributed by atoms with Crippen LogP contribution in [0.4, 0.5) is 0 Å². The zero-order chi connectivity index (χ0) is 15.7. The molecule has 1 aromatic rings. The first-order valence-corrected chi connectivity index (χ1v) is 16.3. The van der Waals surface area contributed by atoms with Gasteiger partial charge in [0.05, 0.1) is 16.1 Å². The van der Waals surface area contributed by atoms with E-state index in [1.165, 1.54) is 25.7 Å². The van der Waals surface area contributed by atoms with Crippen LogP contribution in [0.25, 0.3) is 0 Å². The van der Waals surface area contributed by atoms with Gasteiger partial charge in [0.2, 0.25) is 0 Å². The first-order chi connectivity index (χ1) is 9.07. The molecule has 0 fully saturated rings. The molecule has 0 unspecified atom stereocenters.